The number of H-pyrrole nitrogens is 1. The molecular weight excluding hydrogens is 173 g/mol. The van der Waals surface area contributed by atoms with Crippen molar-refractivity contribution < 1.29 is 13.2 Å². The summed E-state index contributed by atoms with van der Waals surface area (Å²) in [6.45, 7) is 0. The van der Waals surface area contributed by atoms with Crippen LogP contribution in [0.3, 0.4) is 0 Å². The summed E-state index contributed by atoms with van der Waals surface area (Å²) in [5, 5.41) is 0. The molecule has 66 valence electrons. The summed E-state index contributed by atoms with van der Waals surface area (Å²) in [5.41, 5.74) is 2.40. The summed E-state index contributed by atoms with van der Waals surface area (Å²) in [4.78, 5) is 12.4. The normalized spacial score (nSPS) is 10.7. The van der Waals surface area contributed by atoms with Gasteiger partial charge in [-0.2, -0.15) is 0 Å². The Morgan fingerprint density at radius 1 is 1.50 bits per heavy atom. The van der Waals surface area contributed by atoms with Crippen LogP contribution in [0, 0.1) is 5.82 Å². The summed E-state index contributed by atoms with van der Waals surface area (Å²) >= 11 is 0. The minimum absolute atomic E-state index is 0.501. The Morgan fingerprint density at radius 3 is 2.50 bits per heavy atom. The number of pyridine rings is 1. The first-order valence-electron chi connectivity index (χ1n) is 2.98. The van der Waals surface area contributed by atoms with E-state index in [9.17, 15) is 18.0 Å². The van der Waals surface area contributed by atoms with Crippen LogP contribution in [0.1, 0.15) is 12.1 Å². The van der Waals surface area contributed by atoms with Crippen molar-refractivity contribution in [3.05, 3.63) is 27.9 Å². The lowest BCUT2D eigenvalue weighted by Gasteiger charge is -2.00. The fourth-order valence-corrected chi connectivity index (χ4v) is 0.675. The van der Waals surface area contributed by atoms with Gasteiger partial charge in [0.05, 0.1) is 5.69 Å². The van der Waals surface area contributed by atoms with Gasteiger partial charge in [0.15, 0.2) is 5.82 Å². The highest BCUT2D eigenvalue weighted by molar-refractivity contribution is 5.37. The average molecular weight is 178 g/mol. The van der Waals surface area contributed by atoms with Gasteiger partial charge in [0, 0.05) is 6.07 Å². The first-order valence-corrected chi connectivity index (χ1v) is 2.98. The molecular formula is C6H5F3N2O. The van der Waals surface area contributed by atoms with Crippen LogP contribution in [0.15, 0.2) is 10.9 Å². The number of nitrogen functional groups attached to an aromatic ring is 1. The zero-order chi connectivity index (χ0) is 9.30. The molecule has 0 amide bonds. The molecule has 6 heteroatoms. The molecule has 0 bridgehead atoms. The Labute approximate surface area is 65.0 Å². The number of aromatic nitrogens is 1. The van der Waals surface area contributed by atoms with Gasteiger partial charge in [0.2, 0.25) is 0 Å². The van der Waals surface area contributed by atoms with Gasteiger partial charge in [-0.05, 0) is 0 Å². The summed E-state index contributed by atoms with van der Waals surface area (Å²) in [7, 11) is 0. The van der Waals surface area contributed by atoms with E-state index in [1.165, 1.54) is 0 Å². The Hall–Kier alpha value is -1.46. The zero-order valence-corrected chi connectivity index (χ0v) is 5.77. The van der Waals surface area contributed by atoms with E-state index in [4.69, 9.17) is 5.73 Å². The van der Waals surface area contributed by atoms with Crippen molar-refractivity contribution in [1.82, 2.24) is 4.98 Å². The first-order chi connectivity index (χ1) is 5.52. The second kappa shape index (κ2) is 2.88. The van der Waals surface area contributed by atoms with Crippen LogP contribution in [-0.2, 0) is 0 Å². The molecule has 0 aliphatic carbocycles. The van der Waals surface area contributed by atoms with Gasteiger partial charge in [-0.1, -0.05) is 0 Å². The second-order valence-electron chi connectivity index (χ2n) is 2.12. The summed E-state index contributed by atoms with van der Waals surface area (Å²) in [5.74, 6) is -1.13. The van der Waals surface area contributed by atoms with Crippen molar-refractivity contribution >= 4 is 5.69 Å². The molecule has 0 aliphatic heterocycles. The molecule has 0 saturated carbocycles. The Kier molecular flexibility index (Phi) is 2.07. The largest absolute Gasteiger partial charge is 0.392 e. The van der Waals surface area contributed by atoms with Crippen LogP contribution < -0.4 is 11.3 Å². The van der Waals surface area contributed by atoms with Crippen molar-refractivity contribution in [2.24, 2.45) is 0 Å². The summed E-state index contributed by atoms with van der Waals surface area (Å²) < 4.78 is 36.3. The van der Waals surface area contributed by atoms with Crippen LogP contribution in [0.2, 0.25) is 0 Å². The minimum Gasteiger partial charge on any atom is -0.392 e. The highest BCUT2D eigenvalue weighted by Crippen LogP contribution is 2.16. The Bertz CT molecular complexity index is 347. The first kappa shape index (κ1) is 8.63. The molecule has 0 fully saturated rings. The van der Waals surface area contributed by atoms with E-state index in [-0.39, 0.29) is 0 Å². The van der Waals surface area contributed by atoms with E-state index in [1.807, 2.05) is 0 Å². The number of nitrogens with one attached hydrogen (secondary N) is 1. The second-order valence-corrected chi connectivity index (χ2v) is 2.12. The zero-order valence-electron chi connectivity index (χ0n) is 5.77. The van der Waals surface area contributed by atoms with Crippen LogP contribution in [0.5, 0.6) is 0 Å². The maximum atomic E-state index is 12.5. The molecule has 0 saturated heterocycles. The summed E-state index contributed by atoms with van der Waals surface area (Å²) in [6, 6.07) is 0.501. The van der Waals surface area contributed by atoms with Crippen molar-refractivity contribution in [3.63, 3.8) is 0 Å². The van der Waals surface area contributed by atoms with Gasteiger partial charge in [0.25, 0.3) is 12.0 Å². The van der Waals surface area contributed by atoms with Crippen LogP contribution in [0.25, 0.3) is 0 Å². The summed E-state index contributed by atoms with van der Waals surface area (Å²) in [6.07, 6.45) is -2.91. The number of anilines is 1. The predicted octanol–water partition coefficient (Wildman–Crippen LogP) is 1.03. The van der Waals surface area contributed by atoms with Gasteiger partial charge in [-0.3, -0.25) is 4.79 Å². The van der Waals surface area contributed by atoms with Gasteiger partial charge < -0.3 is 10.7 Å². The third-order valence-electron chi connectivity index (χ3n) is 1.28. The fraction of sp³-hybridized carbons (Fsp3) is 0.167. The molecule has 1 aromatic heterocycles. The van der Waals surface area contributed by atoms with Crippen LogP contribution >= 0.6 is 0 Å². The molecule has 3 N–H and O–H groups in total. The van der Waals surface area contributed by atoms with E-state index in [0.29, 0.717) is 6.07 Å². The molecule has 1 aromatic rings. The fourth-order valence-electron chi connectivity index (χ4n) is 0.675. The molecule has 3 nitrogen and oxygen atoms in total. The Morgan fingerprint density at radius 2 is 2.08 bits per heavy atom. The number of alkyl halides is 2. The highest BCUT2D eigenvalue weighted by Gasteiger charge is 2.12. The topological polar surface area (TPSA) is 58.9 Å². The van der Waals surface area contributed by atoms with Crippen molar-refractivity contribution in [3.8, 4) is 0 Å². The predicted molar refractivity (Wildman–Crippen MR) is 36.4 cm³/mol. The highest BCUT2D eigenvalue weighted by atomic mass is 19.3. The molecule has 1 rings (SSSR count). The lowest BCUT2D eigenvalue weighted by atomic mass is 10.3. The maximum absolute atomic E-state index is 12.5. The van der Waals surface area contributed by atoms with E-state index in [2.05, 4.69) is 0 Å². The molecule has 0 radical (unpaired) electrons. The molecule has 1 heterocycles. The van der Waals surface area contributed by atoms with Crippen molar-refractivity contribution in [2.45, 2.75) is 6.43 Å². The molecule has 0 atom stereocenters. The lowest BCUT2D eigenvalue weighted by Crippen LogP contribution is -2.16. The molecule has 0 aliphatic rings. The standard InChI is InChI=1S/C6H5F3N2O/c7-2-1-3(5(8)9)11-6(12)4(2)10/h1,5H,10H2,(H,11,12). The van der Waals surface area contributed by atoms with Gasteiger partial charge in [0.1, 0.15) is 5.69 Å². The van der Waals surface area contributed by atoms with Crippen molar-refractivity contribution in [2.75, 3.05) is 5.73 Å². The average Bonchev–Trinajstić information content (AvgIpc) is 1.99. The maximum Gasteiger partial charge on any atom is 0.278 e. The third kappa shape index (κ3) is 1.41. The van der Waals surface area contributed by atoms with E-state index >= 15 is 0 Å². The van der Waals surface area contributed by atoms with E-state index in [0.717, 1.165) is 0 Å². The van der Waals surface area contributed by atoms with Crippen LogP contribution in [-0.4, -0.2) is 4.98 Å². The smallest absolute Gasteiger partial charge is 0.278 e. The quantitative estimate of drug-likeness (QED) is 0.674. The van der Waals surface area contributed by atoms with Gasteiger partial charge >= 0.3 is 0 Å². The van der Waals surface area contributed by atoms with E-state index in [1.54, 1.807) is 4.98 Å². The third-order valence-corrected chi connectivity index (χ3v) is 1.28. The molecule has 0 spiro atoms. The van der Waals surface area contributed by atoms with Gasteiger partial charge in [-0.15, -0.1) is 0 Å². The number of hydrogen-bond acceptors (Lipinski definition) is 2. The molecule has 0 aromatic carbocycles. The number of hydrogen-bond donors (Lipinski definition) is 2. The number of aromatic amines is 1. The lowest BCUT2D eigenvalue weighted by molar-refractivity contribution is 0.145. The number of halogens is 3. The monoisotopic (exact) mass is 178 g/mol. The Balaban J connectivity index is 3.31. The SMILES string of the molecule is Nc1c(F)cc(C(F)F)[nH]c1=O. The van der Waals surface area contributed by atoms with Crippen LogP contribution in [0.4, 0.5) is 18.9 Å². The van der Waals surface area contributed by atoms with Gasteiger partial charge in [-0.25, -0.2) is 13.2 Å². The number of rotatable bonds is 1. The number of nitrogens with two attached hydrogens (primary N) is 1. The van der Waals surface area contributed by atoms with Crippen molar-refractivity contribution in [1.29, 1.82) is 0 Å². The van der Waals surface area contributed by atoms with E-state index < -0.39 is 29.2 Å². The minimum atomic E-state index is -2.91. The molecule has 12 heavy (non-hydrogen) atoms. The molecule has 0 unspecified atom stereocenters.